The third-order valence-corrected chi connectivity index (χ3v) is 4.09. The quantitative estimate of drug-likeness (QED) is 0.685. The van der Waals surface area contributed by atoms with Crippen molar-refractivity contribution in [3.63, 3.8) is 0 Å². The monoisotopic (exact) mass is 364 g/mol. The van der Waals surface area contributed by atoms with Gasteiger partial charge in [-0.2, -0.15) is 0 Å². The van der Waals surface area contributed by atoms with E-state index in [1.807, 2.05) is 37.3 Å². The topological polar surface area (TPSA) is 93.0 Å². The SMILES string of the molecule is CCN(Cc1ccccc1)C(=O)CNC(=O)c1ccc(-n2cnnn2)cc1. The highest BCUT2D eigenvalue weighted by molar-refractivity contribution is 5.96. The van der Waals surface area contributed by atoms with E-state index in [1.54, 1.807) is 29.2 Å². The van der Waals surface area contributed by atoms with Crippen molar-refractivity contribution in [3.8, 4) is 5.69 Å². The maximum Gasteiger partial charge on any atom is 0.251 e. The number of likely N-dealkylation sites (N-methyl/N-ethyl adjacent to an activating group) is 1. The van der Waals surface area contributed by atoms with Crippen molar-refractivity contribution >= 4 is 11.8 Å². The molecule has 0 unspecified atom stereocenters. The Morgan fingerprint density at radius 3 is 2.44 bits per heavy atom. The van der Waals surface area contributed by atoms with Crippen LogP contribution in [0.2, 0.25) is 0 Å². The molecule has 0 aliphatic rings. The molecule has 1 aromatic heterocycles. The number of hydrogen-bond donors (Lipinski definition) is 1. The van der Waals surface area contributed by atoms with Crippen LogP contribution < -0.4 is 5.32 Å². The predicted octanol–water partition coefficient (Wildman–Crippen LogP) is 1.44. The molecule has 8 nitrogen and oxygen atoms in total. The zero-order valence-electron chi connectivity index (χ0n) is 14.9. The van der Waals surface area contributed by atoms with Gasteiger partial charge in [-0.05, 0) is 47.2 Å². The summed E-state index contributed by atoms with van der Waals surface area (Å²) in [6.45, 7) is 2.96. The molecular weight excluding hydrogens is 344 g/mol. The van der Waals surface area contributed by atoms with Gasteiger partial charge >= 0.3 is 0 Å². The molecule has 0 aliphatic carbocycles. The summed E-state index contributed by atoms with van der Waals surface area (Å²) in [5.41, 5.74) is 2.26. The first-order valence-corrected chi connectivity index (χ1v) is 8.60. The van der Waals surface area contributed by atoms with Crippen LogP contribution in [-0.4, -0.2) is 50.0 Å². The largest absolute Gasteiger partial charge is 0.343 e. The summed E-state index contributed by atoms with van der Waals surface area (Å²) < 4.78 is 1.49. The van der Waals surface area contributed by atoms with Crippen LogP contribution in [0.1, 0.15) is 22.8 Å². The average molecular weight is 364 g/mol. The summed E-state index contributed by atoms with van der Waals surface area (Å²) >= 11 is 0. The van der Waals surface area contributed by atoms with E-state index >= 15 is 0 Å². The molecule has 1 heterocycles. The number of amides is 2. The molecule has 8 heteroatoms. The molecule has 0 spiro atoms. The molecule has 2 amide bonds. The fourth-order valence-corrected chi connectivity index (χ4v) is 2.60. The zero-order valence-corrected chi connectivity index (χ0v) is 14.9. The van der Waals surface area contributed by atoms with Crippen LogP contribution in [0.5, 0.6) is 0 Å². The third-order valence-electron chi connectivity index (χ3n) is 4.09. The molecule has 0 atom stereocenters. The summed E-state index contributed by atoms with van der Waals surface area (Å²) in [7, 11) is 0. The Bertz CT molecular complexity index is 878. The maximum atomic E-state index is 12.4. The molecular formula is C19H20N6O2. The van der Waals surface area contributed by atoms with Crippen LogP contribution in [0.3, 0.4) is 0 Å². The van der Waals surface area contributed by atoms with Crippen molar-refractivity contribution in [1.29, 1.82) is 0 Å². The number of tetrazole rings is 1. The van der Waals surface area contributed by atoms with Gasteiger partial charge in [0.05, 0.1) is 12.2 Å². The van der Waals surface area contributed by atoms with Gasteiger partial charge in [0, 0.05) is 18.7 Å². The minimum atomic E-state index is -0.303. The number of nitrogens with zero attached hydrogens (tertiary/aromatic N) is 5. The van der Waals surface area contributed by atoms with Crippen molar-refractivity contribution in [2.75, 3.05) is 13.1 Å². The summed E-state index contributed by atoms with van der Waals surface area (Å²) in [6.07, 6.45) is 1.47. The molecule has 0 radical (unpaired) electrons. The average Bonchev–Trinajstić information content (AvgIpc) is 3.25. The van der Waals surface area contributed by atoms with E-state index in [2.05, 4.69) is 20.8 Å². The van der Waals surface area contributed by atoms with E-state index in [9.17, 15) is 9.59 Å². The molecule has 3 aromatic rings. The molecule has 0 fully saturated rings. The van der Waals surface area contributed by atoms with Gasteiger partial charge in [0.15, 0.2) is 0 Å². The Morgan fingerprint density at radius 2 is 1.81 bits per heavy atom. The predicted molar refractivity (Wildman–Crippen MR) is 99.0 cm³/mol. The first-order valence-electron chi connectivity index (χ1n) is 8.60. The molecule has 0 aliphatic heterocycles. The Labute approximate surface area is 156 Å². The van der Waals surface area contributed by atoms with E-state index in [-0.39, 0.29) is 18.4 Å². The van der Waals surface area contributed by atoms with Gasteiger partial charge in [-0.1, -0.05) is 30.3 Å². The molecule has 138 valence electrons. The maximum absolute atomic E-state index is 12.4. The minimum Gasteiger partial charge on any atom is -0.343 e. The van der Waals surface area contributed by atoms with Gasteiger partial charge in [0.25, 0.3) is 5.91 Å². The lowest BCUT2D eigenvalue weighted by molar-refractivity contribution is -0.130. The standard InChI is InChI=1S/C19H20N6O2/c1-2-24(13-15-6-4-3-5-7-15)18(26)12-20-19(27)16-8-10-17(11-9-16)25-14-21-22-23-25/h3-11,14H,2,12-13H2,1H3,(H,20,27). The van der Waals surface area contributed by atoms with E-state index in [0.29, 0.717) is 18.7 Å². The summed E-state index contributed by atoms with van der Waals surface area (Å²) in [6, 6.07) is 16.6. The van der Waals surface area contributed by atoms with E-state index < -0.39 is 0 Å². The molecule has 3 rings (SSSR count). The van der Waals surface area contributed by atoms with E-state index in [4.69, 9.17) is 0 Å². The molecule has 27 heavy (non-hydrogen) atoms. The Balaban J connectivity index is 1.55. The van der Waals surface area contributed by atoms with Crippen molar-refractivity contribution in [1.82, 2.24) is 30.4 Å². The zero-order chi connectivity index (χ0) is 19.1. The van der Waals surface area contributed by atoms with Crippen molar-refractivity contribution < 1.29 is 9.59 Å². The number of hydrogen-bond acceptors (Lipinski definition) is 5. The molecule has 1 N–H and O–H groups in total. The fraction of sp³-hybridized carbons (Fsp3) is 0.211. The van der Waals surface area contributed by atoms with Gasteiger partial charge in [-0.25, -0.2) is 4.68 Å². The highest BCUT2D eigenvalue weighted by atomic mass is 16.2. The smallest absolute Gasteiger partial charge is 0.251 e. The molecule has 0 saturated carbocycles. The second-order valence-electron chi connectivity index (χ2n) is 5.88. The Morgan fingerprint density at radius 1 is 1.07 bits per heavy atom. The molecule has 2 aromatic carbocycles. The fourth-order valence-electron chi connectivity index (χ4n) is 2.60. The van der Waals surface area contributed by atoms with E-state index in [1.165, 1.54) is 11.0 Å². The van der Waals surface area contributed by atoms with Gasteiger partial charge in [-0.15, -0.1) is 5.10 Å². The number of nitrogens with one attached hydrogen (secondary N) is 1. The lowest BCUT2D eigenvalue weighted by Crippen LogP contribution is -2.39. The number of benzene rings is 2. The molecule has 0 saturated heterocycles. The number of carbonyl (C=O) groups excluding carboxylic acids is 2. The molecule has 0 bridgehead atoms. The Hall–Kier alpha value is -3.55. The highest BCUT2D eigenvalue weighted by Gasteiger charge is 2.14. The number of rotatable bonds is 7. The first-order chi connectivity index (χ1) is 13.2. The lowest BCUT2D eigenvalue weighted by atomic mass is 10.2. The van der Waals surface area contributed by atoms with Gasteiger partial charge < -0.3 is 10.2 Å². The summed E-state index contributed by atoms with van der Waals surface area (Å²) in [4.78, 5) is 26.4. The second kappa shape index (κ2) is 8.70. The van der Waals surface area contributed by atoms with Crippen molar-refractivity contribution in [3.05, 3.63) is 72.1 Å². The van der Waals surface area contributed by atoms with Gasteiger partial charge in [0.1, 0.15) is 6.33 Å². The van der Waals surface area contributed by atoms with Crippen LogP contribution in [0, 0.1) is 0 Å². The van der Waals surface area contributed by atoms with Gasteiger partial charge in [-0.3, -0.25) is 9.59 Å². The lowest BCUT2D eigenvalue weighted by Gasteiger charge is -2.21. The summed E-state index contributed by atoms with van der Waals surface area (Å²) in [5, 5.41) is 13.6. The van der Waals surface area contributed by atoms with Crippen LogP contribution in [0.15, 0.2) is 60.9 Å². The minimum absolute atomic E-state index is 0.0474. The van der Waals surface area contributed by atoms with Crippen molar-refractivity contribution in [2.24, 2.45) is 0 Å². The third kappa shape index (κ3) is 4.75. The number of aromatic nitrogens is 4. The second-order valence-corrected chi connectivity index (χ2v) is 5.88. The van der Waals surface area contributed by atoms with Crippen LogP contribution in [0.25, 0.3) is 5.69 Å². The Kier molecular flexibility index (Phi) is 5.88. The van der Waals surface area contributed by atoms with E-state index in [0.717, 1.165) is 11.3 Å². The number of carbonyl (C=O) groups is 2. The van der Waals surface area contributed by atoms with Crippen LogP contribution >= 0.6 is 0 Å². The van der Waals surface area contributed by atoms with Crippen LogP contribution in [-0.2, 0) is 11.3 Å². The normalized spacial score (nSPS) is 10.4. The van der Waals surface area contributed by atoms with Crippen molar-refractivity contribution in [2.45, 2.75) is 13.5 Å². The van der Waals surface area contributed by atoms with Crippen LogP contribution in [0.4, 0.5) is 0 Å². The summed E-state index contributed by atoms with van der Waals surface area (Å²) in [5.74, 6) is -0.428. The van der Waals surface area contributed by atoms with Gasteiger partial charge in [0.2, 0.25) is 5.91 Å². The highest BCUT2D eigenvalue weighted by Crippen LogP contribution is 2.08. The first kappa shape index (κ1) is 18.2.